The molecule has 0 bridgehead atoms. The van der Waals surface area contributed by atoms with Crippen LogP contribution in [-0.4, -0.2) is 31.8 Å². The minimum Gasteiger partial charge on any atom is -0.497 e. The molecule has 0 amide bonds. The van der Waals surface area contributed by atoms with Gasteiger partial charge in [0.2, 0.25) is 0 Å². The van der Waals surface area contributed by atoms with Gasteiger partial charge in [0, 0.05) is 65.4 Å². The highest BCUT2D eigenvalue weighted by molar-refractivity contribution is 8.02. The fourth-order valence-electron chi connectivity index (χ4n) is 3.42. The van der Waals surface area contributed by atoms with Crippen molar-refractivity contribution in [2.45, 2.75) is 6.54 Å². The van der Waals surface area contributed by atoms with Gasteiger partial charge >= 0.3 is 0 Å². The topological polar surface area (TPSA) is 59.5 Å². The molecule has 0 saturated carbocycles. The molecule has 7 heteroatoms. The average Bonchev–Trinajstić information content (AvgIpc) is 3.11. The molecule has 3 N–H and O–H groups in total. The molecule has 0 spiro atoms. The zero-order valence-corrected chi connectivity index (χ0v) is 18.2. The Labute approximate surface area is 181 Å². The maximum absolute atomic E-state index is 5.39. The lowest BCUT2D eigenvalue weighted by Gasteiger charge is -2.12. The zero-order valence-electron chi connectivity index (χ0n) is 17.4. The first kappa shape index (κ1) is 20.3. The summed E-state index contributed by atoms with van der Waals surface area (Å²) >= 11 is 1.70. The van der Waals surface area contributed by atoms with Crippen LogP contribution in [0, 0.1) is 0 Å². The number of nitrogens with one attached hydrogen (secondary N) is 3. The summed E-state index contributed by atoms with van der Waals surface area (Å²) in [6.45, 7) is 1.69. The van der Waals surface area contributed by atoms with E-state index in [4.69, 9.17) is 9.47 Å². The van der Waals surface area contributed by atoms with Crippen molar-refractivity contribution in [3.63, 3.8) is 0 Å². The number of rotatable bonds is 8. The minimum atomic E-state index is 0.747. The number of hydrogen-bond donors (Lipinski definition) is 3. The van der Waals surface area contributed by atoms with Gasteiger partial charge in [0.25, 0.3) is 0 Å². The van der Waals surface area contributed by atoms with Gasteiger partial charge in [-0.1, -0.05) is 12.1 Å². The standard InChI is InChI=1S/C23H26N4O2S/c1-24-13-16-15-27(30-21-5-4-8-25-14-21)23-11-17(6-7-22(16)23)26-18-9-19(28-2)12-20(10-18)29-3/h4-7,9-12,14-15,24-26H,8,13H2,1-3H3. The summed E-state index contributed by atoms with van der Waals surface area (Å²) in [6.07, 6.45) is 8.54. The number of aromatic nitrogens is 1. The van der Waals surface area contributed by atoms with E-state index in [1.165, 1.54) is 15.9 Å². The van der Waals surface area contributed by atoms with Gasteiger partial charge in [0.05, 0.1) is 19.7 Å². The van der Waals surface area contributed by atoms with Crippen molar-refractivity contribution < 1.29 is 9.47 Å². The van der Waals surface area contributed by atoms with Gasteiger partial charge in [-0.25, -0.2) is 0 Å². The number of dihydropyridines is 1. The lowest BCUT2D eigenvalue weighted by molar-refractivity contribution is 0.395. The van der Waals surface area contributed by atoms with Crippen molar-refractivity contribution in [1.82, 2.24) is 14.6 Å². The summed E-state index contributed by atoms with van der Waals surface area (Å²) in [5.74, 6) is 1.49. The highest BCUT2D eigenvalue weighted by Crippen LogP contribution is 2.33. The van der Waals surface area contributed by atoms with E-state index in [0.717, 1.165) is 41.5 Å². The van der Waals surface area contributed by atoms with Crippen LogP contribution in [0.2, 0.25) is 0 Å². The van der Waals surface area contributed by atoms with Gasteiger partial charge in [0.1, 0.15) is 11.5 Å². The Bertz CT molecular complexity index is 1080. The summed E-state index contributed by atoms with van der Waals surface area (Å²) in [7, 11) is 5.28. The third kappa shape index (κ3) is 4.42. The quantitative estimate of drug-likeness (QED) is 0.493. The van der Waals surface area contributed by atoms with E-state index in [0.29, 0.717) is 0 Å². The molecule has 6 nitrogen and oxygen atoms in total. The van der Waals surface area contributed by atoms with E-state index in [2.05, 4.69) is 62.7 Å². The predicted octanol–water partition coefficient (Wildman–Crippen LogP) is 4.62. The van der Waals surface area contributed by atoms with Crippen LogP contribution < -0.4 is 25.4 Å². The third-order valence-electron chi connectivity index (χ3n) is 4.83. The van der Waals surface area contributed by atoms with E-state index < -0.39 is 0 Å². The minimum absolute atomic E-state index is 0.747. The van der Waals surface area contributed by atoms with Crippen molar-refractivity contribution in [3.8, 4) is 11.5 Å². The second kappa shape index (κ2) is 9.19. The van der Waals surface area contributed by atoms with Crippen molar-refractivity contribution in [1.29, 1.82) is 0 Å². The van der Waals surface area contributed by atoms with Gasteiger partial charge in [-0.2, -0.15) is 0 Å². The van der Waals surface area contributed by atoms with E-state index in [9.17, 15) is 0 Å². The zero-order chi connectivity index (χ0) is 20.9. The third-order valence-corrected chi connectivity index (χ3v) is 5.79. The van der Waals surface area contributed by atoms with Crippen LogP contribution in [0.15, 0.2) is 65.9 Å². The molecule has 0 fully saturated rings. The summed E-state index contributed by atoms with van der Waals surface area (Å²) < 4.78 is 13.0. The molecule has 4 rings (SSSR count). The number of benzene rings is 2. The van der Waals surface area contributed by atoms with Gasteiger partial charge in [-0.3, -0.25) is 3.97 Å². The largest absolute Gasteiger partial charge is 0.497 e. The lowest BCUT2D eigenvalue weighted by atomic mass is 10.1. The van der Waals surface area contributed by atoms with Crippen LogP contribution in [0.5, 0.6) is 11.5 Å². The molecule has 1 aliphatic rings. The van der Waals surface area contributed by atoms with Crippen LogP contribution in [0.3, 0.4) is 0 Å². The van der Waals surface area contributed by atoms with Crippen LogP contribution in [-0.2, 0) is 6.54 Å². The normalized spacial score (nSPS) is 13.1. The molecule has 0 saturated heterocycles. The van der Waals surface area contributed by atoms with Crippen molar-refractivity contribution >= 4 is 34.2 Å². The predicted molar refractivity (Wildman–Crippen MR) is 126 cm³/mol. The summed E-state index contributed by atoms with van der Waals surface area (Å²) in [4.78, 5) is 1.17. The molecule has 0 atom stereocenters. The summed E-state index contributed by atoms with van der Waals surface area (Å²) in [5, 5.41) is 11.2. The maximum atomic E-state index is 5.39. The van der Waals surface area contributed by atoms with E-state index in [1.54, 1.807) is 26.2 Å². The molecule has 1 aliphatic heterocycles. The molecular formula is C23H26N4O2S. The molecule has 2 heterocycles. The van der Waals surface area contributed by atoms with Crippen LogP contribution >= 0.6 is 11.9 Å². The van der Waals surface area contributed by atoms with E-state index >= 15 is 0 Å². The fourth-order valence-corrected chi connectivity index (χ4v) is 4.37. The molecule has 0 unspecified atom stereocenters. The van der Waals surface area contributed by atoms with Gasteiger partial charge in [0.15, 0.2) is 0 Å². The molecule has 0 radical (unpaired) electrons. The van der Waals surface area contributed by atoms with Crippen LogP contribution in [0.1, 0.15) is 5.56 Å². The van der Waals surface area contributed by atoms with Crippen molar-refractivity contribution in [2.24, 2.45) is 0 Å². The number of allylic oxidation sites excluding steroid dienone is 1. The first-order chi connectivity index (χ1) is 14.7. The Morgan fingerprint density at radius 1 is 1.07 bits per heavy atom. The Balaban J connectivity index is 1.69. The van der Waals surface area contributed by atoms with Gasteiger partial charge in [-0.15, -0.1) is 0 Å². The monoisotopic (exact) mass is 422 g/mol. The van der Waals surface area contributed by atoms with Crippen molar-refractivity contribution in [2.75, 3.05) is 33.1 Å². The Hall–Kier alpha value is -3.03. The molecule has 3 aromatic rings. The number of hydrogen-bond acceptors (Lipinski definition) is 6. The molecule has 30 heavy (non-hydrogen) atoms. The van der Waals surface area contributed by atoms with Crippen LogP contribution in [0.25, 0.3) is 10.9 Å². The molecule has 1 aromatic heterocycles. The highest BCUT2D eigenvalue weighted by atomic mass is 32.2. The number of methoxy groups -OCH3 is 2. The van der Waals surface area contributed by atoms with E-state index in [1.807, 2.05) is 25.2 Å². The van der Waals surface area contributed by atoms with Crippen molar-refractivity contribution in [3.05, 3.63) is 71.4 Å². The SMILES string of the molecule is CNCc1cn(SC2=CNCC=C2)c2cc(Nc3cc(OC)cc(OC)c3)ccc12. The Kier molecular flexibility index (Phi) is 6.21. The number of nitrogens with zero attached hydrogens (tertiary/aromatic N) is 1. The van der Waals surface area contributed by atoms with Gasteiger partial charge < -0.3 is 25.4 Å². The molecule has 2 aromatic carbocycles. The Morgan fingerprint density at radius 3 is 2.53 bits per heavy atom. The second-order valence-corrected chi connectivity index (χ2v) is 7.96. The first-order valence-electron chi connectivity index (χ1n) is 9.77. The first-order valence-corrected chi connectivity index (χ1v) is 10.5. The van der Waals surface area contributed by atoms with Gasteiger partial charge in [-0.05, 0) is 42.8 Å². The second-order valence-electron chi connectivity index (χ2n) is 6.92. The number of fused-ring (bicyclic) bond motifs is 1. The number of ether oxygens (including phenoxy) is 2. The summed E-state index contributed by atoms with van der Waals surface area (Å²) in [5.41, 5.74) is 4.34. The molecule has 0 aliphatic carbocycles. The summed E-state index contributed by atoms with van der Waals surface area (Å²) in [6, 6.07) is 12.2. The maximum Gasteiger partial charge on any atom is 0.124 e. The lowest BCUT2D eigenvalue weighted by Crippen LogP contribution is -2.08. The van der Waals surface area contributed by atoms with Crippen LogP contribution in [0.4, 0.5) is 11.4 Å². The number of anilines is 2. The Morgan fingerprint density at radius 2 is 1.87 bits per heavy atom. The highest BCUT2D eigenvalue weighted by Gasteiger charge is 2.12. The average molecular weight is 423 g/mol. The van der Waals surface area contributed by atoms with E-state index in [-0.39, 0.29) is 0 Å². The smallest absolute Gasteiger partial charge is 0.124 e. The fraction of sp³-hybridized carbons (Fsp3) is 0.217. The molecular weight excluding hydrogens is 396 g/mol. The molecule has 156 valence electrons.